The molecular weight excluding hydrogens is 333 g/mol. The van der Waals surface area contributed by atoms with E-state index in [0.29, 0.717) is 5.82 Å². The van der Waals surface area contributed by atoms with Gasteiger partial charge in [-0.15, -0.1) is 0 Å². The monoisotopic (exact) mass is 345 g/mol. The number of nitrogen functional groups attached to an aromatic ring is 1. The Morgan fingerprint density at radius 2 is 2.41 bits per heavy atom. The lowest BCUT2D eigenvalue weighted by atomic mass is 10.1. The van der Waals surface area contributed by atoms with Crippen molar-refractivity contribution in [1.29, 1.82) is 0 Å². The number of aromatic nitrogens is 2. The zero-order valence-corrected chi connectivity index (χ0v) is 11.2. The van der Waals surface area contributed by atoms with Gasteiger partial charge >= 0.3 is 0 Å². The van der Waals surface area contributed by atoms with Gasteiger partial charge in [0.05, 0.1) is 0 Å². The number of halogens is 1. The molecule has 2 heterocycles. The molecule has 90 valence electrons. The molecule has 1 aliphatic heterocycles. The second-order valence-corrected chi connectivity index (χ2v) is 5.89. The summed E-state index contributed by atoms with van der Waals surface area (Å²) in [7, 11) is 0. The van der Waals surface area contributed by atoms with Crippen molar-refractivity contribution in [2.75, 3.05) is 15.5 Å². The molecule has 0 fully saturated rings. The zero-order chi connectivity index (χ0) is 11.8. The first-order valence-corrected chi connectivity index (χ1v) is 7.30. The average molecular weight is 345 g/mol. The average Bonchev–Trinajstić information content (AvgIpc) is 2.94. The number of hydrogen-bond acceptors (Lipinski definition) is 6. The standard InChI is InChI=1S/C10H12IN5O/c12-9-8-10(14-5-13-9)16(11-15-8)7-2-1-6(3-7)4-17/h3,5-6,17H,1-2,4H2,(H2,12,13,14)/t6-/m1/s1. The smallest absolute Gasteiger partial charge is 0.174 e. The largest absolute Gasteiger partial charge is 0.396 e. The fraction of sp³-hybridized carbons (Fsp3) is 0.400. The number of allylic oxidation sites excluding steroid dienone is 1. The maximum Gasteiger partial charge on any atom is 0.174 e. The molecule has 0 amide bonds. The Bertz CT molecular complexity index is 515. The summed E-state index contributed by atoms with van der Waals surface area (Å²) < 4.78 is 6.61. The van der Waals surface area contributed by atoms with Crippen LogP contribution in [0.1, 0.15) is 12.8 Å². The number of aliphatic hydroxyl groups excluding tert-OH is 1. The van der Waals surface area contributed by atoms with Gasteiger partial charge in [0, 0.05) is 18.2 Å². The van der Waals surface area contributed by atoms with Crippen molar-refractivity contribution >= 4 is 38.6 Å². The van der Waals surface area contributed by atoms with Gasteiger partial charge < -0.3 is 10.8 Å². The van der Waals surface area contributed by atoms with Crippen LogP contribution in [0.2, 0.25) is 0 Å². The van der Waals surface area contributed by atoms with E-state index >= 15 is 0 Å². The molecule has 7 heteroatoms. The summed E-state index contributed by atoms with van der Waals surface area (Å²) in [5.74, 6) is 1.56. The van der Waals surface area contributed by atoms with E-state index in [2.05, 4.69) is 22.3 Å². The maximum absolute atomic E-state index is 9.14. The third kappa shape index (κ3) is 1.82. The summed E-state index contributed by atoms with van der Waals surface area (Å²) in [6, 6.07) is 0. The third-order valence-electron chi connectivity index (χ3n) is 2.90. The zero-order valence-electron chi connectivity index (χ0n) is 9.04. The van der Waals surface area contributed by atoms with Gasteiger partial charge in [0.25, 0.3) is 0 Å². The predicted octanol–water partition coefficient (Wildman–Crippen LogP) is 1.87. The van der Waals surface area contributed by atoms with Gasteiger partial charge in [-0.25, -0.2) is 9.97 Å². The van der Waals surface area contributed by atoms with Gasteiger partial charge in [0.2, 0.25) is 0 Å². The minimum absolute atomic E-state index is 0.214. The normalized spacial score (nSPS) is 22.3. The quantitative estimate of drug-likeness (QED) is 0.631. The molecule has 3 rings (SSSR count). The second kappa shape index (κ2) is 4.30. The number of nitrogens with zero attached hydrogens (tertiary/aromatic N) is 4. The molecule has 1 aromatic heterocycles. The summed E-state index contributed by atoms with van der Waals surface area (Å²) in [4.78, 5) is 8.21. The Morgan fingerprint density at radius 1 is 1.53 bits per heavy atom. The molecular formula is C10H12IN5O. The van der Waals surface area contributed by atoms with Crippen LogP contribution in [-0.4, -0.2) is 21.7 Å². The third-order valence-corrected chi connectivity index (χ3v) is 5.11. The van der Waals surface area contributed by atoms with Crippen molar-refractivity contribution in [2.45, 2.75) is 12.8 Å². The minimum Gasteiger partial charge on any atom is -0.396 e. The van der Waals surface area contributed by atoms with Crippen LogP contribution < -0.4 is 8.85 Å². The summed E-state index contributed by atoms with van der Waals surface area (Å²) in [6.07, 6.45) is 5.58. The highest BCUT2D eigenvalue weighted by Crippen LogP contribution is 2.47. The van der Waals surface area contributed by atoms with E-state index < -0.39 is 21.3 Å². The van der Waals surface area contributed by atoms with Crippen molar-refractivity contribution in [3.63, 3.8) is 0 Å². The molecule has 0 radical (unpaired) electrons. The minimum atomic E-state index is -0.482. The molecule has 1 aliphatic carbocycles. The van der Waals surface area contributed by atoms with E-state index in [9.17, 15) is 0 Å². The van der Waals surface area contributed by atoms with Gasteiger partial charge in [-0.2, -0.15) is 3.15 Å². The molecule has 0 saturated carbocycles. The van der Waals surface area contributed by atoms with Crippen LogP contribution in [0.15, 0.2) is 21.2 Å². The highest BCUT2D eigenvalue weighted by molar-refractivity contribution is 14.2. The van der Waals surface area contributed by atoms with Gasteiger partial charge in [0.1, 0.15) is 27.6 Å². The first kappa shape index (κ1) is 11.0. The lowest BCUT2D eigenvalue weighted by Crippen LogP contribution is -2.08. The van der Waals surface area contributed by atoms with Crippen molar-refractivity contribution < 1.29 is 5.11 Å². The highest BCUT2D eigenvalue weighted by Gasteiger charge is 2.27. The number of nitrogens with two attached hydrogens (primary N) is 1. The van der Waals surface area contributed by atoms with Crippen LogP contribution in [0.3, 0.4) is 0 Å². The van der Waals surface area contributed by atoms with E-state index in [1.54, 1.807) is 0 Å². The highest BCUT2D eigenvalue weighted by atomic mass is 127. The number of rotatable bonds is 2. The maximum atomic E-state index is 9.14. The Kier molecular flexibility index (Phi) is 2.79. The number of anilines is 2. The number of fused-ring (bicyclic) bond motifs is 1. The van der Waals surface area contributed by atoms with Crippen LogP contribution >= 0.6 is 21.3 Å². The molecule has 2 aliphatic rings. The fourth-order valence-corrected chi connectivity index (χ4v) is 4.11. The van der Waals surface area contributed by atoms with Crippen molar-refractivity contribution in [3.8, 4) is 0 Å². The lowest BCUT2D eigenvalue weighted by Gasteiger charge is -2.14. The summed E-state index contributed by atoms with van der Waals surface area (Å²) in [6.45, 7) is 0.214. The predicted molar refractivity (Wildman–Crippen MR) is 72.9 cm³/mol. The van der Waals surface area contributed by atoms with Crippen molar-refractivity contribution in [3.05, 3.63) is 18.1 Å². The van der Waals surface area contributed by atoms with Gasteiger partial charge in [-0.1, -0.05) is 6.08 Å². The SMILES string of the molecule is Nc1ncnc2c1N=IN2C1=C[C@H](CO)CC1. The molecule has 17 heavy (non-hydrogen) atoms. The van der Waals surface area contributed by atoms with Crippen LogP contribution in [0.25, 0.3) is 0 Å². The molecule has 1 aromatic rings. The topological polar surface area (TPSA) is 87.6 Å². The van der Waals surface area contributed by atoms with Gasteiger partial charge in [0.15, 0.2) is 17.3 Å². The Morgan fingerprint density at radius 3 is 3.18 bits per heavy atom. The van der Waals surface area contributed by atoms with Crippen LogP contribution in [0.5, 0.6) is 0 Å². The molecule has 6 nitrogen and oxygen atoms in total. The van der Waals surface area contributed by atoms with Crippen LogP contribution in [0.4, 0.5) is 17.3 Å². The summed E-state index contributed by atoms with van der Waals surface area (Å²) in [5, 5.41) is 9.14. The van der Waals surface area contributed by atoms with E-state index in [0.717, 1.165) is 24.3 Å². The number of hydrogen-bond donors (Lipinski definition) is 2. The lowest BCUT2D eigenvalue weighted by molar-refractivity contribution is 0.251. The van der Waals surface area contributed by atoms with Crippen LogP contribution in [-0.2, 0) is 0 Å². The van der Waals surface area contributed by atoms with Crippen molar-refractivity contribution in [1.82, 2.24) is 9.97 Å². The van der Waals surface area contributed by atoms with E-state index in [-0.39, 0.29) is 12.5 Å². The van der Waals surface area contributed by atoms with E-state index in [1.807, 2.05) is 0 Å². The molecule has 0 bridgehead atoms. The van der Waals surface area contributed by atoms with E-state index in [1.165, 1.54) is 12.0 Å². The number of aliphatic hydroxyl groups is 1. The van der Waals surface area contributed by atoms with Crippen molar-refractivity contribution in [2.24, 2.45) is 9.06 Å². The molecule has 0 spiro atoms. The first-order valence-electron chi connectivity index (χ1n) is 5.37. The summed E-state index contributed by atoms with van der Waals surface area (Å²) in [5.41, 5.74) is 7.72. The van der Waals surface area contributed by atoms with E-state index in [4.69, 9.17) is 10.8 Å². The molecule has 0 saturated heterocycles. The first-order chi connectivity index (χ1) is 8.29. The molecule has 3 N–H and O–H groups in total. The summed E-state index contributed by atoms with van der Waals surface area (Å²) >= 11 is -0.482. The Balaban J connectivity index is 1.95. The van der Waals surface area contributed by atoms with Gasteiger partial charge in [-0.3, -0.25) is 3.11 Å². The Labute approximate surface area is 109 Å². The van der Waals surface area contributed by atoms with Crippen LogP contribution in [0, 0.1) is 5.92 Å². The molecule has 0 unspecified atom stereocenters. The molecule has 1 atom stereocenters. The fourth-order valence-electron chi connectivity index (χ4n) is 1.98. The molecule has 0 aromatic carbocycles. The van der Waals surface area contributed by atoms with Gasteiger partial charge in [-0.05, 0) is 12.8 Å². The second-order valence-electron chi connectivity index (χ2n) is 4.01. The Hall–Kier alpha value is -1.09.